The summed E-state index contributed by atoms with van der Waals surface area (Å²) in [6.07, 6.45) is 0. The summed E-state index contributed by atoms with van der Waals surface area (Å²) in [4.78, 5) is 0. The van der Waals surface area contributed by atoms with Crippen LogP contribution in [0.5, 0.6) is 5.75 Å². The predicted octanol–water partition coefficient (Wildman–Crippen LogP) is 1.43. The van der Waals surface area contributed by atoms with Gasteiger partial charge in [-0.05, 0) is 18.2 Å². The van der Waals surface area contributed by atoms with Crippen molar-refractivity contribution in [3.05, 3.63) is 28.8 Å². The smallest absolute Gasteiger partial charge is 0.120 e. The number of benzene rings is 1. The molecule has 74 valence electrons. The van der Waals surface area contributed by atoms with Gasteiger partial charge in [-0.1, -0.05) is 11.6 Å². The van der Waals surface area contributed by atoms with Crippen molar-refractivity contribution in [2.75, 3.05) is 6.54 Å². The molecule has 0 aliphatic carbocycles. The van der Waals surface area contributed by atoms with Crippen molar-refractivity contribution in [1.82, 2.24) is 0 Å². The third-order valence-electron chi connectivity index (χ3n) is 1.64. The molecule has 0 aromatic heterocycles. The summed E-state index contributed by atoms with van der Waals surface area (Å²) in [5, 5.41) is 9.89. The Morgan fingerprint density at radius 1 is 1.46 bits per heavy atom. The van der Waals surface area contributed by atoms with Crippen LogP contribution < -0.4 is 11.5 Å². The molecule has 0 bridgehead atoms. The summed E-state index contributed by atoms with van der Waals surface area (Å²) in [5.74, 6) is 0.136. The predicted molar refractivity (Wildman–Crippen MR) is 56.3 cm³/mol. The normalized spacial score (nSPS) is 11.9. The molecule has 0 fully saturated rings. The van der Waals surface area contributed by atoms with Crippen LogP contribution in [0.4, 0.5) is 0 Å². The van der Waals surface area contributed by atoms with Crippen molar-refractivity contribution in [3.8, 4) is 5.75 Å². The van der Waals surface area contributed by atoms with E-state index in [1.54, 1.807) is 12.1 Å². The summed E-state index contributed by atoms with van der Waals surface area (Å²) in [6.45, 7) is 0.286. The molecule has 0 aliphatic rings. The molecule has 1 aromatic carbocycles. The van der Waals surface area contributed by atoms with Crippen molar-refractivity contribution in [2.45, 2.75) is 6.04 Å². The molecule has 1 atom stereocenters. The maximum atomic E-state index is 9.34. The minimum absolute atomic E-state index is 0. The van der Waals surface area contributed by atoms with Gasteiger partial charge in [0.1, 0.15) is 5.75 Å². The molecular weight excluding hydrogens is 211 g/mol. The number of aromatic hydroxyl groups is 1. The Labute approximate surface area is 88.1 Å². The van der Waals surface area contributed by atoms with Gasteiger partial charge >= 0.3 is 0 Å². The molecule has 0 saturated heterocycles. The highest BCUT2D eigenvalue weighted by molar-refractivity contribution is 6.30. The van der Waals surface area contributed by atoms with Gasteiger partial charge in [0.15, 0.2) is 0 Å². The zero-order chi connectivity index (χ0) is 9.14. The molecule has 0 aliphatic heterocycles. The third kappa shape index (κ3) is 3.04. The molecule has 1 rings (SSSR count). The number of hydrogen-bond acceptors (Lipinski definition) is 3. The Bertz CT molecular complexity index is 281. The lowest BCUT2D eigenvalue weighted by molar-refractivity contribution is 0.462. The van der Waals surface area contributed by atoms with Gasteiger partial charge in [0.25, 0.3) is 0 Å². The van der Waals surface area contributed by atoms with Crippen LogP contribution in [0.15, 0.2) is 18.2 Å². The van der Waals surface area contributed by atoms with Gasteiger partial charge in [-0.15, -0.1) is 12.4 Å². The molecule has 0 radical (unpaired) electrons. The highest BCUT2D eigenvalue weighted by atomic mass is 35.5. The average molecular weight is 223 g/mol. The molecule has 0 heterocycles. The zero-order valence-electron chi connectivity index (χ0n) is 6.90. The molecule has 0 saturated carbocycles. The number of hydrogen-bond donors (Lipinski definition) is 3. The number of nitrogens with two attached hydrogens (primary N) is 2. The molecular formula is C8H12Cl2N2O. The lowest BCUT2D eigenvalue weighted by Gasteiger charge is -2.10. The van der Waals surface area contributed by atoms with E-state index in [-0.39, 0.29) is 30.7 Å². The van der Waals surface area contributed by atoms with Crippen LogP contribution in [0.3, 0.4) is 0 Å². The lowest BCUT2D eigenvalue weighted by Crippen LogP contribution is -2.20. The third-order valence-corrected chi connectivity index (χ3v) is 1.88. The summed E-state index contributed by atoms with van der Waals surface area (Å²) in [5.41, 5.74) is 11.6. The Morgan fingerprint density at radius 2 is 2.08 bits per heavy atom. The second kappa shape index (κ2) is 5.29. The van der Waals surface area contributed by atoms with Crippen molar-refractivity contribution in [1.29, 1.82) is 0 Å². The first kappa shape index (κ1) is 12.5. The maximum absolute atomic E-state index is 9.34. The second-order valence-corrected chi connectivity index (χ2v) is 2.98. The summed E-state index contributed by atoms with van der Waals surface area (Å²) in [6, 6.07) is 4.37. The van der Waals surface area contributed by atoms with Crippen LogP contribution in [-0.4, -0.2) is 11.7 Å². The molecule has 0 spiro atoms. The fraction of sp³-hybridized carbons (Fsp3) is 0.250. The van der Waals surface area contributed by atoms with Crippen LogP contribution in [-0.2, 0) is 0 Å². The summed E-state index contributed by atoms with van der Waals surface area (Å²) < 4.78 is 0. The minimum atomic E-state index is -0.358. The molecule has 13 heavy (non-hydrogen) atoms. The van der Waals surface area contributed by atoms with Gasteiger partial charge in [-0.25, -0.2) is 0 Å². The standard InChI is InChI=1S/C8H11ClN2O.ClH/c9-5-1-2-8(12)6(3-5)7(11)4-10;/h1-3,7,12H,4,10-11H2;1H/t7-;/m1./s1. The van der Waals surface area contributed by atoms with Gasteiger partial charge in [0.05, 0.1) is 0 Å². The van der Waals surface area contributed by atoms with Crippen LogP contribution in [0.25, 0.3) is 0 Å². The number of halogens is 2. The fourth-order valence-electron chi connectivity index (χ4n) is 0.949. The molecule has 5 N–H and O–H groups in total. The average Bonchev–Trinajstić information content (AvgIpc) is 2.08. The first-order valence-corrected chi connectivity index (χ1v) is 3.97. The topological polar surface area (TPSA) is 72.3 Å². The van der Waals surface area contributed by atoms with Crippen LogP contribution >= 0.6 is 24.0 Å². The van der Waals surface area contributed by atoms with Crippen LogP contribution in [0.1, 0.15) is 11.6 Å². The fourth-order valence-corrected chi connectivity index (χ4v) is 1.13. The molecule has 5 heteroatoms. The van der Waals surface area contributed by atoms with E-state index in [2.05, 4.69) is 0 Å². The van der Waals surface area contributed by atoms with E-state index in [1.807, 2.05) is 0 Å². The Morgan fingerprint density at radius 3 is 2.62 bits per heavy atom. The Balaban J connectivity index is 0.00000144. The zero-order valence-corrected chi connectivity index (χ0v) is 8.48. The number of rotatable bonds is 2. The molecule has 0 amide bonds. The molecule has 3 nitrogen and oxygen atoms in total. The van der Waals surface area contributed by atoms with E-state index in [9.17, 15) is 5.11 Å². The highest BCUT2D eigenvalue weighted by Gasteiger charge is 2.08. The Kier molecular flexibility index (Phi) is 5.10. The largest absolute Gasteiger partial charge is 0.508 e. The minimum Gasteiger partial charge on any atom is -0.508 e. The van der Waals surface area contributed by atoms with Crippen LogP contribution in [0, 0.1) is 0 Å². The second-order valence-electron chi connectivity index (χ2n) is 2.55. The van der Waals surface area contributed by atoms with E-state index in [0.717, 1.165) is 0 Å². The quantitative estimate of drug-likeness (QED) is 0.710. The van der Waals surface area contributed by atoms with Gasteiger partial charge < -0.3 is 16.6 Å². The first-order chi connectivity index (χ1) is 5.65. The summed E-state index contributed by atoms with van der Waals surface area (Å²) >= 11 is 5.71. The van der Waals surface area contributed by atoms with Gasteiger partial charge in [0, 0.05) is 23.2 Å². The molecule has 0 unspecified atom stereocenters. The van der Waals surface area contributed by atoms with Gasteiger partial charge in [-0.2, -0.15) is 0 Å². The highest BCUT2D eigenvalue weighted by Crippen LogP contribution is 2.25. The summed E-state index contributed by atoms with van der Waals surface area (Å²) in [7, 11) is 0. The van der Waals surface area contributed by atoms with Crippen LogP contribution in [0.2, 0.25) is 5.02 Å². The van der Waals surface area contributed by atoms with E-state index in [0.29, 0.717) is 10.6 Å². The van der Waals surface area contributed by atoms with Gasteiger partial charge in [-0.3, -0.25) is 0 Å². The molecule has 1 aromatic rings. The van der Waals surface area contributed by atoms with E-state index < -0.39 is 0 Å². The van der Waals surface area contributed by atoms with Crippen molar-refractivity contribution in [2.24, 2.45) is 11.5 Å². The van der Waals surface area contributed by atoms with E-state index >= 15 is 0 Å². The SMILES string of the molecule is Cl.NC[C@@H](N)c1cc(Cl)ccc1O. The maximum Gasteiger partial charge on any atom is 0.120 e. The first-order valence-electron chi connectivity index (χ1n) is 3.59. The lowest BCUT2D eigenvalue weighted by atomic mass is 10.1. The van der Waals surface area contributed by atoms with Crippen molar-refractivity contribution >= 4 is 24.0 Å². The van der Waals surface area contributed by atoms with Crippen molar-refractivity contribution < 1.29 is 5.11 Å². The van der Waals surface area contributed by atoms with E-state index in [1.165, 1.54) is 6.07 Å². The number of phenols is 1. The Hall–Kier alpha value is -0.480. The number of phenolic OH excluding ortho intramolecular Hbond substituents is 1. The van der Waals surface area contributed by atoms with E-state index in [4.69, 9.17) is 23.1 Å². The van der Waals surface area contributed by atoms with Gasteiger partial charge in [0.2, 0.25) is 0 Å². The van der Waals surface area contributed by atoms with Crippen molar-refractivity contribution in [3.63, 3.8) is 0 Å². The monoisotopic (exact) mass is 222 g/mol.